The number of imidazole rings is 1. The SMILES string of the molecule is O=C(O)CCc1cnc2c3ccccc3ccn12. The second kappa shape index (κ2) is 4.14. The number of fused-ring (bicyclic) bond motifs is 3. The van der Waals surface area contributed by atoms with Crippen LogP contribution in [0.5, 0.6) is 0 Å². The zero-order chi connectivity index (χ0) is 12.5. The Morgan fingerprint density at radius 3 is 2.94 bits per heavy atom. The van der Waals surface area contributed by atoms with Crippen LogP contribution in [-0.2, 0) is 11.2 Å². The molecule has 2 aromatic heterocycles. The maximum absolute atomic E-state index is 10.6. The lowest BCUT2D eigenvalue weighted by molar-refractivity contribution is -0.136. The van der Waals surface area contributed by atoms with Gasteiger partial charge in [0.25, 0.3) is 0 Å². The van der Waals surface area contributed by atoms with E-state index in [1.165, 1.54) is 0 Å². The summed E-state index contributed by atoms with van der Waals surface area (Å²) in [4.78, 5) is 15.0. The van der Waals surface area contributed by atoms with E-state index in [0.717, 1.165) is 22.1 Å². The molecule has 0 amide bonds. The smallest absolute Gasteiger partial charge is 0.303 e. The Hall–Kier alpha value is -2.36. The van der Waals surface area contributed by atoms with Crippen molar-refractivity contribution in [2.24, 2.45) is 0 Å². The number of benzene rings is 1. The summed E-state index contributed by atoms with van der Waals surface area (Å²) in [6, 6.07) is 10.1. The van der Waals surface area contributed by atoms with E-state index in [2.05, 4.69) is 4.98 Å². The summed E-state index contributed by atoms with van der Waals surface area (Å²) in [6.07, 6.45) is 4.32. The maximum Gasteiger partial charge on any atom is 0.303 e. The second-order valence-electron chi connectivity index (χ2n) is 4.24. The first-order valence-electron chi connectivity index (χ1n) is 5.81. The number of aromatic nitrogens is 2. The zero-order valence-electron chi connectivity index (χ0n) is 9.71. The molecule has 0 aliphatic carbocycles. The topological polar surface area (TPSA) is 54.6 Å². The average molecular weight is 240 g/mol. The van der Waals surface area contributed by atoms with Crippen molar-refractivity contribution in [3.05, 3.63) is 48.4 Å². The molecule has 0 spiro atoms. The average Bonchev–Trinajstić information content (AvgIpc) is 2.80. The molecule has 0 fully saturated rings. The number of carboxylic acids is 1. The van der Waals surface area contributed by atoms with E-state index in [9.17, 15) is 4.79 Å². The van der Waals surface area contributed by atoms with E-state index in [0.29, 0.717) is 6.42 Å². The number of carboxylic acid groups (broad SMARTS) is 1. The minimum atomic E-state index is -0.786. The molecular weight excluding hydrogens is 228 g/mol. The Kier molecular flexibility index (Phi) is 2.48. The molecule has 1 N–H and O–H groups in total. The number of hydrogen-bond acceptors (Lipinski definition) is 2. The summed E-state index contributed by atoms with van der Waals surface area (Å²) in [5.41, 5.74) is 1.81. The van der Waals surface area contributed by atoms with Crippen LogP contribution in [0.25, 0.3) is 16.4 Å². The first-order valence-corrected chi connectivity index (χ1v) is 5.81. The van der Waals surface area contributed by atoms with Crippen molar-refractivity contribution in [2.75, 3.05) is 0 Å². The standard InChI is InChI=1S/C14H12N2O2/c17-13(18)6-5-11-9-15-14-12-4-2-1-3-10(12)7-8-16(11)14/h1-4,7-9H,5-6H2,(H,17,18). The van der Waals surface area contributed by atoms with Gasteiger partial charge in [-0.05, 0) is 11.5 Å². The fourth-order valence-electron chi connectivity index (χ4n) is 2.18. The van der Waals surface area contributed by atoms with Crippen LogP contribution in [-0.4, -0.2) is 20.5 Å². The lowest BCUT2D eigenvalue weighted by atomic mass is 10.2. The number of carbonyl (C=O) groups is 1. The van der Waals surface area contributed by atoms with Gasteiger partial charge in [-0.3, -0.25) is 4.79 Å². The Bertz CT molecular complexity index is 731. The monoisotopic (exact) mass is 240 g/mol. The van der Waals surface area contributed by atoms with Crippen molar-refractivity contribution < 1.29 is 9.90 Å². The molecule has 2 heterocycles. The van der Waals surface area contributed by atoms with E-state index in [4.69, 9.17) is 5.11 Å². The van der Waals surface area contributed by atoms with E-state index in [1.807, 2.05) is 40.9 Å². The molecule has 0 saturated heterocycles. The number of aliphatic carboxylic acids is 1. The van der Waals surface area contributed by atoms with Crippen LogP contribution in [0.3, 0.4) is 0 Å². The van der Waals surface area contributed by atoms with Crippen LogP contribution in [0.15, 0.2) is 42.7 Å². The summed E-state index contributed by atoms with van der Waals surface area (Å²) in [5, 5.41) is 11.0. The molecule has 0 saturated carbocycles. The van der Waals surface area contributed by atoms with Crippen molar-refractivity contribution in [3.63, 3.8) is 0 Å². The van der Waals surface area contributed by atoms with Crippen LogP contribution < -0.4 is 0 Å². The first kappa shape index (κ1) is 10.8. The third-order valence-corrected chi connectivity index (χ3v) is 3.07. The predicted molar refractivity (Wildman–Crippen MR) is 68.7 cm³/mol. The van der Waals surface area contributed by atoms with E-state index in [1.54, 1.807) is 6.20 Å². The molecule has 3 rings (SSSR count). The van der Waals surface area contributed by atoms with Crippen LogP contribution in [0.4, 0.5) is 0 Å². The second-order valence-corrected chi connectivity index (χ2v) is 4.24. The fraction of sp³-hybridized carbons (Fsp3) is 0.143. The molecule has 0 aliphatic rings. The van der Waals surface area contributed by atoms with Gasteiger partial charge in [0.05, 0.1) is 6.42 Å². The Balaban J connectivity index is 2.14. The van der Waals surface area contributed by atoms with Gasteiger partial charge in [0, 0.05) is 29.9 Å². The van der Waals surface area contributed by atoms with Crippen molar-refractivity contribution in [1.29, 1.82) is 0 Å². The van der Waals surface area contributed by atoms with E-state index < -0.39 is 5.97 Å². The highest BCUT2D eigenvalue weighted by atomic mass is 16.4. The molecule has 3 aromatic rings. The lowest BCUT2D eigenvalue weighted by Crippen LogP contribution is -2.00. The normalized spacial score (nSPS) is 11.1. The number of aryl methyl sites for hydroxylation is 1. The summed E-state index contributed by atoms with van der Waals surface area (Å²) < 4.78 is 1.96. The minimum Gasteiger partial charge on any atom is -0.481 e. The van der Waals surface area contributed by atoms with Gasteiger partial charge in [0.15, 0.2) is 0 Å². The van der Waals surface area contributed by atoms with Crippen LogP contribution in [0.1, 0.15) is 12.1 Å². The number of pyridine rings is 1. The first-order chi connectivity index (χ1) is 8.75. The maximum atomic E-state index is 10.6. The third-order valence-electron chi connectivity index (χ3n) is 3.07. The highest BCUT2D eigenvalue weighted by molar-refractivity contribution is 5.93. The summed E-state index contributed by atoms with van der Waals surface area (Å²) in [5.74, 6) is -0.786. The molecule has 4 nitrogen and oxygen atoms in total. The molecule has 1 aromatic carbocycles. The van der Waals surface area contributed by atoms with Gasteiger partial charge in [0.2, 0.25) is 0 Å². The highest BCUT2D eigenvalue weighted by Crippen LogP contribution is 2.20. The highest BCUT2D eigenvalue weighted by Gasteiger charge is 2.07. The summed E-state index contributed by atoms with van der Waals surface area (Å²) >= 11 is 0. The van der Waals surface area contributed by atoms with Gasteiger partial charge in [-0.25, -0.2) is 4.98 Å². The summed E-state index contributed by atoms with van der Waals surface area (Å²) in [7, 11) is 0. The van der Waals surface area contributed by atoms with Crippen LogP contribution in [0.2, 0.25) is 0 Å². The predicted octanol–water partition coefficient (Wildman–Crippen LogP) is 2.50. The number of nitrogens with zero attached hydrogens (tertiary/aromatic N) is 2. The molecule has 0 aliphatic heterocycles. The number of rotatable bonds is 3. The van der Waals surface area contributed by atoms with E-state index in [-0.39, 0.29) is 6.42 Å². The van der Waals surface area contributed by atoms with Crippen LogP contribution in [0, 0.1) is 0 Å². The van der Waals surface area contributed by atoms with Gasteiger partial charge in [0.1, 0.15) is 5.65 Å². The third kappa shape index (κ3) is 1.72. The molecule has 90 valence electrons. The fourth-order valence-corrected chi connectivity index (χ4v) is 2.18. The number of hydrogen-bond donors (Lipinski definition) is 1. The molecule has 18 heavy (non-hydrogen) atoms. The Labute approximate surface area is 104 Å². The molecular formula is C14H12N2O2. The van der Waals surface area contributed by atoms with Gasteiger partial charge in [-0.1, -0.05) is 24.3 Å². The van der Waals surface area contributed by atoms with Gasteiger partial charge in [-0.2, -0.15) is 0 Å². The molecule has 0 atom stereocenters. The van der Waals surface area contributed by atoms with E-state index >= 15 is 0 Å². The molecule has 4 heteroatoms. The lowest BCUT2D eigenvalue weighted by Gasteiger charge is -2.03. The Morgan fingerprint density at radius 1 is 1.28 bits per heavy atom. The van der Waals surface area contributed by atoms with Gasteiger partial charge < -0.3 is 9.51 Å². The van der Waals surface area contributed by atoms with Gasteiger partial charge >= 0.3 is 5.97 Å². The van der Waals surface area contributed by atoms with Crippen molar-refractivity contribution in [1.82, 2.24) is 9.38 Å². The van der Waals surface area contributed by atoms with Crippen molar-refractivity contribution in [3.8, 4) is 0 Å². The molecule has 0 bridgehead atoms. The zero-order valence-corrected chi connectivity index (χ0v) is 9.71. The largest absolute Gasteiger partial charge is 0.481 e. The van der Waals surface area contributed by atoms with Crippen molar-refractivity contribution >= 4 is 22.4 Å². The van der Waals surface area contributed by atoms with Crippen molar-refractivity contribution in [2.45, 2.75) is 12.8 Å². The Morgan fingerprint density at radius 2 is 2.11 bits per heavy atom. The quantitative estimate of drug-likeness (QED) is 0.765. The molecule has 0 radical (unpaired) electrons. The van der Waals surface area contributed by atoms with Crippen LogP contribution >= 0.6 is 0 Å². The molecule has 0 unspecified atom stereocenters. The summed E-state index contributed by atoms with van der Waals surface area (Å²) in [6.45, 7) is 0. The minimum absolute atomic E-state index is 0.126. The van der Waals surface area contributed by atoms with Gasteiger partial charge in [-0.15, -0.1) is 0 Å².